The summed E-state index contributed by atoms with van der Waals surface area (Å²) in [5, 5.41) is 4.94. The van der Waals surface area contributed by atoms with Gasteiger partial charge in [0.25, 0.3) is 0 Å². The second kappa shape index (κ2) is 7.75. The molecule has 0 fully saturated rings. The lowest BCUT2D eigenvalue weighted by Gasteiger charge is -2.20. The largest absolute Gasteiger partial charge is 0.314 e. The second-order valence-corrected chi connectivity index (χ2v) is 6.75. The van der Waals surface area contributed by atoms with E-state index in [1.807, 2.05) is 11.3 Å². The van der Waals surface area contributed by atoms with Crippen LogP contribution in [0.25, 0.3) is 10.2 Å². The second-order valence-electron chi connectivity index (χ2n) is 5.63. The average Bonchev–Trinajstić information content (AvgIpc) is 2.88. The molecule has 1 aromatic heterocycles. The highest BCUT2D eigenvalue weighted by Gasteiger charge is 2.10. The lowest BCUT2D eigenvalue weighted by atomic mass is 9.98. The Kier molecular flexibility index (Phi) is 5.99. The fourth-order valence-electron chi connectivity index (χ4n) is 2.46. The number of nitrogens with one attached hydrogen (secondary N) is 1. The van der Waals surface area contributed by atoms with Gasteiger partial charge in [-0.05, 0) is 30.9 Å². The maximum Gasteiger partial charge on any atom is 0.0951 e. The summed E-state index contributed by atoms with van der Waals surface area (Å²) in [6, 6.07) is 9.05. The van der Waals surface area contributed by atoms with Crippen molar-refractivity contribution in [1.29, 1.82) is 0 Å². The molecule has 0 radical (unpaired) electrons. The van der Waals surface area contributed by atoms with Crippen LogP contribution in [0.2, 0.25) is 0 Å². The Balaban J connectivity index is 1.82. The minimum Gasteiger partial charge on any atom is -0.314 e. The molecule has 1 N–H and O–H groups in total. The van der Waals surface area contributed by atoms with Crippen molar-refractivity contribution in [2.24, 2.45) is 5.92 Å². The van der Waals surface area contributed by atoms with Crippen LogP contribution in [-0.4, -0.2) is 17.6 Å². The van der Waals surface area contributed by atoms with Gasteiger partial charge in [0.1, 0.15) is 0 Å². The van der Waals surface area contributed by atoms with Crippen molar-refractivity contribution in [3.05, 3.63) is 29.3 Å². The van der Waals surface area contributed by atoms with Gasteiger partial charge in [0.15, 0.2) is 0 Å². The number of rotatable bonds is 8. The van der Waals surface area contributed by atoms with Crippen molar-refractivity contribution in [1.82, 2.24) is 10.3 Å². The molecule has 0 bridgehead atoms. The minimum atomic E-state index is 0.652. The Hall–Kier alpha value is -0.930. The molecule has 2 atom stereocenters. The van der Waals surface area contributed by atoms with Crippen molar-refractivity contribution in [2.45, 2.75) is 52.5 Å². The summed E-state index contributed by atoms with van der Waals surface area (Å²) in [5.41, 5.74) is 1.14. The van der Waals surface area contributed by atoms with E-state index in [1.54, 1.807) is 0 Å². The molecule has 20 heavy (non-hydrogen) atoms. The third kappa shape index (κ3) is 4.29. The number of aromatic nitrogens is 1. The molecule has 0 aliphatic heterocycles. The fourth-order valence-corrected chi connectivity index (χ4v) is 3.42. The summed E-state index contributed by atoms with van der Waals surface area (Å²) >= 11 is 1.82. The molecule has 2 aromatic rings. The number of benzene rings is 1. The molecule has 0 saturated heterocycles. The summed E-state index contributed by atoms with van der Waals surface area (Å²) in [5.74, 6) is 0.815. The zero-order valence-corrected chi connectivity index (χ0v) is 13.7. The number of fused-ring (bicyclic) bond motifs is 1. The number of hydrogen-bond acceptors (Lipinski definition) is 3. The first kappa shape index (κ1) is 15.5. The van der Waals surface area contributed by atoms with Gasteiger partial charge in [-0.3, -0.25) is 0 Å². The molecule has 2 rings (SSSR count). The molecular formula is C17H26N2S. The summed E-state index contributed by atoms with van der Waals surface area (Å²) < 4.78 is 1.30. The van der Waals surface area contributed by atoms with Crippen LogP contribution in [0.4, 0.5) is 0 Å². The topological polar surface area (TPSA) is 24.9 Å². The van der Waals surface area contributed by atoms with Crippen LogP contribution in [0.5, 0.6) is 0 Å². The van der Waals surface area contributed by atoms with E-state index in [2.05, 4.69) is 50.4 Å². The monoisotopic (exact) mass is 290 g/mol. The zero-order valence-electron chi connectivity index (χ0n) is 12.9. The van der Waals surface area contributed by atoms with Crippen LogP contribution in [0.1, 0.15) is 45.0 Å². The van der Waals surface area contributed by atoms with Crippen LogP contribution in [0.15, 0.2) is 24.3 Å². The fraction of sp³-hybridized carbons (Fsp3) is 0.588. The minimum absolute atomic E-state index is 0.652. The molecule has 0 aliphatic carbocycles. The summed E-state index contributed by atoms with van der Waals surface area (Å²) in [6.07, 6.45) is 4.81. The average molecular weight is 290 g/mol. The molecule has 0 spiro atoms. The third-order valence-corrected chi connectivity index (χ3v) is 5.08. The molecule has 3 heteroatoms. The summed E-state index contributed by atoms with van der Waals surface area (Å²) in [4.78, 5) is 4.69. The molecule has 1 aromatic carbocycles. The number of nitrogens with zero attached hydrogens (tertiary/aromatic N) is 1. The quantitative estimate of drug-likeness (QED) is 0.766. The lowest BCUT2D eigenvalue weighted by molar-refractivity contribution is 0.387. The van der Waals surface area contributed by atoms with Crippen molar-refractivity contribution < 1.29 is 0 Å². The normalized spacial score (nSPS) is 14.6. The van der Waals surface area contributed by atoms with Crippen molar-refractivity contribution in [3.8, 4) is 0 Å². The van der Waals surface area contributed by atoms with E-state index in [0.29, 0.717) is 6.04 Å². The Morgan fingerprint density at radius 2 is 2.00 bits per heavy atom. The predicted octanol–water partition coefficient (Wildman–Crippen LogP) is 4.64. The maximum absolute atomic E-state index is 4.69. The molecule has 1 heterocycles. The van der Waals surface area contributed by atoms with E-state index >= 15 is 0 Å². The van der Waals surface area contributed by atoms with Gasteiger partial charge < -0.3 is 5.32 Å². The lowest BCUT2D eigenvalue weighted by Crippen LogP contribution is -2.31. The van der Waals surface area contributed by atoms with Crippen LogP contribution < -0.4 is 5.32 Å². The van der Waals surface area contributed by atoms with Gasteiger partial charge in [-0.25, -0.2) is 4.98 Å². The Labute approximate surface area is 126 Å². The molecule has 0 amide bonds. The summed E-state index contributed by atoms with van der Waals surface area (Å²) in [6.45, 7) is 7.93. The smallest absolute Gasteiger partial charge is 0.0951 e. The first-order valence-corrected chi connectivity index (χ1v) is 8.62. The molecule has 110 valence electrons. The zero-order chi connectivity index (χ0) is 14.4. The van der Waals surface area contributed by atoms with Gasteiger partial charge in [-0.15, -0.1) is 11.3 Å². The van der Waals surface area contributed by atoms with E-state index < -0.39 is 0 Å². The summed E-state index contributed by atoms with van der Waals surface area (Å²) in [7, 11) is 0. The van der Waals surface area contributed by atoms with Crippen molar-refractivity contribution >= 4 is 21.6 Å². The number of hydrogen-bond donors (Lipinski definition) is 1. The van der Waals surface area contributed by atoms with E-state index in [4.69, 9.17) is 4.98 Å². The standard InChI is InChI=1S/C17H26N2S/c1-4-13(3)12-14(5-2)18-11-10-17-19-15-8-6-7-9-16(15)20-17/h6-9,13-14,18H,4-5,10-12H2,1-3H3. The van der Waals surface area contributed by atoms with Crippen LogP contribution in [0.3, 0.4) is 0 Å². The highest BCUT2D eigenvalue weighted by atomic mass is 32.1. The van der Waals surface area contributed by atoms with Gasteiger partial charge in [0, 0.05) is 19.0 Å². The van der Waals surface area contributed by atoms with Gasteiger partial charge in [-0.2, -0.15) is 0 Å². The van der Waals surface area contributed by atoms with Gasteiger partial charge in [-0.1, -0.05) is 39.3 Å². The molecule has 0 aliphatic rings. The Bertz CT molecular complexity index is 487. The van der Waals surface area contributed by atoms with Gasteiger partial charge >= 0.3 is 0 Å². The van der Waals surface area contributed by atoms with Gasteiger partial charge in [0.05, 0.1) is 15.2 Å². The molecular weight excluding hydrogens is 264 g/mol. The van der Waals surface area contributed by atoms with E-state index in [9.17, 15) is 0 Å². The predicted molar refractivity (Wildman–Crippen MR) is 89.5 cm³/mol. The van der Waals surface area contributed by atoms with Crippen LogP contribution in [-0.2, 0) is 6.42 Å². The number of para-hydroxylation sites is 1. The SMILES string of the molecule is CCC(C)CC(CC)NCCc1nc2ccccc2s1. The van der Waals surface area contributed by atoms with E-state index in [1.165, 1.54) is 29.0 Å². The van der Waals surface area contributed by atoms with Crippen molar-refractivity contribution in [3.63, 3.8) is 0 Å². The molecule has 0 saturated carbocycles. The number of thiazole rings is 1. The molecule has 2 nitrogen and oxygen atoms in total. The van der Waals surface area contributed by atoms with Gasteiger partial charge in [0.2, 0.25) is 0 Å². The third-order valence-electron chi connectivity index (χ3n) is 3.99. The maximum atomic E-state index is 4.69. The Morgan fingerprint density at radius 3 is 2.70 bits per heavy atom. The molecule has 2 unspecified atom stereocenters. The Morgan fingerprint density at radius 1 is 1.20 bits per heavy atom. The highest BCUT2D eigenvalue weighted by molar-refractivity contribution is 7.18. The van der Waals surface area contributed by atoms with E-state index in [0.717, 1.165) is 24.4 Å². The van der Waals surface area contributed by atoms with Crippen LogP contribution >= 0.6 is 11.3 Å². The first-order chi connectivity index (χ1) is 9.72. The van der Waals surface area contributed by atoms with Crippen LogP contribution in [0, 0.1) is 5.92 Å². The highest BCUT2D eigenvalue weighted by Crippen LogP contribution is 2.21. The van der Waals surface area contributed by atoms with E-state index in [-0.39, 0.29) is 0 Å². The van der Waals surface area contributed by atoms with Crippen molar-refractivity contribution in [2.75, 3.05) is 6.54 Å². The first-order valence-electron chi connectivity index (χ1n) is 7.80.